The van der Waals surface area contributed by atoms with E-state index in [1.165, 1.54) is 32.4 Å². The molecule has 2 aliphatic rings. The number of anilines is 1. The lowest BCUT2D eigenvalue weighted by atomic mass is 10.1. The van der Waals surface area contributed by atoms with E-state index >= 15 is 0 Å². The van der Waals surface area contributed by atoms with Crippen LogP contribution in [0, 0.1) is 0 Å². The molecule has 0 aromatic heterocycles. The summed E-state index contributed by atoms with van der Waals surface area (Å²) in [6.07, 6.45) is 7.24. The highest BCUT2D eigenvalue weighted by atomic mass is 32.1. The summed E-state index contributed by atoms with van der Waals surface area (Å²) in [5, 5.41) is 7.10. The maximum atomic E-state index is 12.5. The molecule has 0 radical (unpaired) electrons. The Morgan fingerprint density at radius 3 is 2.31 bits per heavy atom. The number of nitrogens with zero attached hydrogens (tertiary/aromatic N) is 2. The predicted molar refractivity (Wildman–Crippen MR) is 111 cm³/mol. The number of carbonyl (C=O) groups excluding carboxylic acids is 1. The second-order valence-corrected chi connectivity index (χ2v) is 7.62. The fraction of sp³-hybridized carbons (Fsp3) is 0.600. The van der Waals surface area contributed by atoms with Crippen molar-refractivity contribution < 1.29 is 4.79 Å². The monoisotopic (exact) mass is 374 g/mol. The number of piperidine rings is 1. The SMILES string of the molecule is O=C(c1ccc(NC(=S)NCCCN2CCCC2)cc1)N1CCCCC1. The lowest BCUT2D eigenvalue weighted by molar-refractivity contribution is 0.0724. The Morgan fingerprint density at radius 1 is 0.962 bits per heavy atom. The second kappa shape index (κ2) is 9.88. The van der Waals surface area contributed by atoms with Crippen LogP contribution in [0.15, 0.2) is 24.3 Å². The molecule has 2 N–H and O–H groups in total. The third-order valence-electron chi connectivity index (χ3n) is 5.17. The first-order chi connectivity index (χ1) is 12.7. The van der Waals surface area contributed by atoms with Gasteiger partial charge in [-0.05, 0) is 94.6 Å². The summed E-state index contributed by atoms with van der Waals surface area (Å²) in [5.41, 5.74) is 1.67. The first kappa shape index (κ1) is 19.1. The molecule has 5 nitrogen and oxygen atoms in total. The van der Waals surface area contributed by atoms with Gasteiger partial charge in [-0.15, -0.1) is 0 Å². The molecule has 2 saturated heterocycles. The molecule has 3 rings (SSSR count). The highest BCUT2D eigenvalue weighted by Gasteiger charge is 2.17. The lowest BCUT2D eigenvalue weighted by Gasteiger charge is -2.26. The second-order valence-electron chi connectivity index (χ2n) is 7.21. The Balaban J connectivity index is 1.38. The number of rotatable bonds is 6. The minimum atomic E-state index is 0.138. The van der Waals surface area contributed by atoms with Crippen LogP contribution in [0.1, 0.15) is 48.9 Å². The summed E-state index contributed by atoms with van der Waals surface area (Å²) < 4.78 is 0. The zero-order valence-electron chi connectivity index (χ0n) is 15.5. The molecule has 2 heterocycles. The molecule has 1 amide bonds. The first-order valence-electron chi connectivity index (χ1n) is 9.89. The largest absolute Gasteiger partial charge is 0.362 e. The van der Waals surface area contributed by atoms with E-state index in [2.05, 4.69) is 15.5 Å². The smallest absolute Gasteiger partial charge is 0.253 e. The molecule has 0 atom stereocenters. The highest BCUT2D eigenvalue weighted by Crippen LogP contribution is 2.15. The van der Waals surface area contributed by atoms with Crippen molar-refractivity contribution >= 4 is 28.9 Å². The Labute approximate surface area is 162 Å². The molecule has 1 aromatic rings. The minimum Gasteiger partial charge on any atom is -0.362 e. The van der Waals surface area contributed by atoms with Crippen LogP contribution in [0.2, 0.25) is 0 Å². The molecule has 0 bridgehead atoms. The first-order valence-corrected chi connectivity index (χ1v) is 10.3. The number of nitrogens with one attached hydrogen (secondary N) is 2. The molecular formula is C20H30N4OS. The molecule has 2 fully saturated rings. The van der Waals surface area contributed by atoms with Gasteiger partial charge in [0.15, 0.2) is 5.11 Å². The van der Waals surface area contributed by atoms with Crippen LogP contribution in [0.3, 0.4) is 0 Å². The highest BCUT2D eigenvalue weighted by molar-refractivity contribution is 7.80. The van der Waals surface area contributed by atoms with Gasteiger partial charge in [-0.2, -0.15) is 0 Å². The molecule has 1 aromatic carbocycles. The van der Waals surface area contributed by atoms with Crippen LogP contribution in [0.25, 0.3) is 0 Å². The standard InChI is InChI=1S/C20H30N4OS/c25-19(24-15-2-1-3-16-24)17-7-9-18(10-8-17)22-20(26)21-11-6-14-23-12-4-5-13-23/h7-10H,1-6,11-16H2,(H2,21,22,26). The number of hydrogen-bond donors (Lipinski definition) is 2. The van der Waals surface area contributed by atoms with E-state index in [0.29, 0.717) is 5.11 Å². The van der Waals surface area contributed by atoms with Crippen molar-refractivity contribution in [2.75, 3.05) is 44.6 Å². The lowest BCUT2D eigenvalue weighted by Crippen LogP contribution is -2.35. The van der Waals surface area contributed by atoms with E-state index < -0.39 is 0 Å². The molecule has 2 aliphatic heterocycles. The molecule has 26 heavy (non-hydrogen) atoms. The van der Waals surface area contributed by atoms with Gasteiger partial charge in [0.1, 0.15) is 0 Å². The van der Waals surface area contributed by atoms with E-state index in [9.17, 15) is 4.79 Å². The maximum absolute atomic E-state index is 12.5. The van der Waals surface area contributed by atoms with Crippen LogP contribution in [0.4, 0.5) is 5.69 Å². The zero-order valence-corrected chi connectivity index (χ0v) is 16.3. The minimum absolute atomic E-state index is 0.138. The molecule has 142 valence electrons. The van der Waals surface area contributed by atoms with E-state index in [0.717, 1.165) is 56.7 Å². The summed E-state index contributed by atoms with van der Waals surface area (Å²) in [5.74, 6) is 0.138. The van der Waals surface area contributed by atoms with Crippen molar-refractivity contribution in [1.29, 1.82) is 0 Å². The van der Waals surface area contributed by atoms with Crippen LogP contribution in [0.5, 0.6) is 0 Å². The summed E-state index contributed by atoms with van der Waals surface area (Å²) in [7, 11) is 0. The quantitative estimate of drug-likeness (QED) is 0.592. The van der Waals surface area contributed by atoms with Gasteiger partial charge in [0.2, 0.25) is 0 Å². The Kier molecular flexibility index (Phi) is 7.26. The number of amides is 1. The van der Waals surface area contributed by atoms with Crippen molar-refractivity contribution in [1.82, 2.24) is 15.1 Å². The molecule has 0 unspecified atom stereocenters. The molecular weight excluding hydrogens is 344 g/mol. The van der Waals surface area contributed by atoms with Crippen LogP contribution in [-0.4, -0.2) is 60.1 Å². The summed E-state index contributed by atoms with van der Waals surface area (Å²) >= 11 is 5.36. The topological polar surface area (TPSA) is 47.6 Å². The van der Waals surface area contributed by atoms with Crippen LogP contribution >= 0.6 is 12.2 Å². The molecule has 0 spiro atoms. The Morgan fingerprint density at radius 2 is 1.62 bits per heavy atom. The van der Waals surface area contributed by atoms with Crippen molar-refractivity contribution in [2.24, 2.45) is 0 Å². The average Bonchev–Trinajstić information content (AvgIpc) is 3.19. The number of benzene rings is 1. The van der Waals surface area contributed by atoms with Gasteiger partial charge in [-0.25, -0.2) is 0 Å². The van der Waals surface area contributed by atoms with Gasteiger partial charge in [0.25, 0.3) is 5.91 Å². The van der Waals surface area contributed by atoms with Crippen molar-refractivity contribution in [3.63, 3.8) is 0 Å². The maximum Gasteiger partial charge on any atom is 0.253 e. The summed E-state index contributed by atoms with van der Waals surface area (Å²) in [6.45, 7) is 6.27. The fourth-order valence-corrected chi connectivity index (χ4v) is 3.88. The number of hydrogen-bond acceptors (Lipinski definition) is 3. The van der Waals surface area contributed by atoms with E-state index in [1.54, 1.807) is 0 Å². The predicted octanol–water partition coefficient (Wildman–Crippen LogP) is 3.09. The number of likely N-dealkylation sites (tertiary alicyclic amines) is 2. The van der Waals surface area contributed by atoms with Gasteiger partial charge in [-0.3, -0.25) is 4.79 Å². The molecule has 0 saturated carbocycles. The fourth-order valence-electron chi connectivity index (χ4n) is 3.66. The van der Waals surface area contributed by atoms with Gasteiger partial charge in [0, 0.05) is 30.9 Å². The Hall–Kier alpha value is -1.66. The van der Waals surface area contributed by atoms with Crippen molar-refractivity contribution in [2.45, 2.75) is 38.5 Å². The van der Waals surface area contributed by atoms with E-state index in [4.69, 9.17) is 12.2 Å². The summed E-state index contributed by atoms with van der Waals surface area (Å²) in [4.78, 5) is 16.9. The van der Waals surface area contributed by atoms with Crippen molar-refractivity contribution in [3.8, 4) is 0 Å². The third kappa shape index (κ3) is 5.68. The molecule has 0 aliphatic carbocycles. The van der Waals surface area contributed by atoms with Gasteiger partial charge < -0.3 is 20.4 Å². The zero-order chi connectivity index (χ0) is 18.2. The van der Waals surface area contributed by atoms with Gasteiger partial charge in [-0.1, -0.05) is 0 Å². The van der Waals surface area contributed by atoms with Crippen molar-refractivity contribution in [3.05, 3.63) is 29.8 Å². The van der Waals surface area contributed by atoms with E-state index in [-0.39, 0.29) is 5.91 Å². The van der Waals surface area contributed by atoms with Crippen LogP contribution < -0.4 is 10.6 Å². The normalized spacial score (nSPS) is 17.9. The van der Waals surface area contributed by atoms with Gasteiger partial charge in [0.05, 0.1) is 0 Å². The van der Waals surface area contributed by atoms with Crippen LogP contribution in [-0.2, 0) is 0 Å². The Bertz CT molecular complexity index is 592. The third-order valence-corrected chi connectivity index (χ3v) is 5.41. The molecule has 6 heteroatoms. The number of carbonyl (C=O) groups is 1. The van der Waals surface area contributed by atoms with Gasteiger partial charge >= 0.3 is 0 Å². The number of thiocarbonyl (C=S) groups is 1. The van der Waals surface area contributed by atoms with E-state index in [1.807, 2.05) is 29.2 Å². The average molecular weight is 375 g/mol. The summed E-state index contributed by atoms with van der Waals surface area (Å²) in [6, 6.07) is 7.62.